The molecule has 0 aliphatic rings. The third kappa shape index (κ3) is 4.75. The largest absolute Gasteiger partial charge is 0.394 e. The number of aliphatic hydroxyl groups is 1. The summed E-state index contributed by atoms with van der Waals surface area (Å²) < 4.78 is 26.4. The van der Waals surface area contributed by atoms with Gasteiger partial charge in [-0.05, 0) is 37.3 Å². The van der Waals surface area contributed by atoms with E-state index >= 15 is 0 Å². The van der Waals surface area contributed by atoms with Crippen molar-refractivity contribution < 1.29 is 18.7 Å². The van der Waals surface area contributed by atoms with Crippen molar-refractivity contribution in [3.63, 3.8) is 0 Å². The molecule has 2 rings (SSSR count). The van der Waals surface area contributed by atoms with E-state index in [1.165, 1.54) is 12.1 Å². The average Bonchev–Trinajstić information content (AvgIpc) is 2.54. The van der Waals surface area contributed by atoms with Crippen molar-refractivity contribution >= 4 is 11.6 Å². The Labute approximate surface area is 133 Å². The molecule has 1 unspecified atom stereocenters. The molecule has 0 bridgehead atoms. The second kappa shape index (κ2) is 7.69. The van der Waals surface area contributed by atoms with Gasteiger partial charge in [0.25, 0.3) is 5.91 Å². The first-order valence-electron chi connectivity index (χ1n) is 7.19. The molecule has 0 spiro atoms. The van der Waals surface area contributed by atoms with Crippen LogP contribution in [0.25, 0.3) is 0 Å². The lowest BCUT2D eigenvalue weighted by molar-refractivity contribution is 0.0922. The minimum atomic E-state index is -0.612. The van der Waals surface area contributed by atoms with Gasteiger partial charge in [-0.2, -0.15) is 0 Å². The summed E-state index contributed by atoms with van der Waals surface area (Å²) in [5.41, 5.74) is 1.52. The number of amides is 1. The molecule has 0 aromatic heterocycles. The van der Waals surface area contributed by atoms with E-state index in [1.54, 1.807) is 31.2 Å². The van der Waals surface area contributed by atoms with Crippen molar-refractivity contribution in [2.75, 3.05) is 11.9 Å². The van der Waals surface area contributed by atoms with E-state index in [0.29, 0.717) is 16.8 Å². The molecule has 0 radical (unpaired) electrons. The van der Waals surface area contributed by atoms with E-state index in [9.17, 15) is 13.6 Å². The number of carbonyl (C=O) groups is 1. The third-order valence-corrected chi connectivity index (χ3v) is 3.30. The van der Waals surface area contributed by atoms with Gasteiger partial charge in [0.05, 0.1) is 6.61 Å². The van der Waals surface area contributed by atoms with E-state index in [4.69, 9.17) is 5.11 Å². The first-order chi connectivity index (χ1) is 11.0. The molecule has 2 aromatic carbocycles. The number of benzene rings is 2. The number of nitrogens with one attached hydrogen (secondary N) is 2. The van der Waals surface area contributed by atoms with Gasteiger partial charge in [-0.1, -0.05) is 6.07 Å². The highest BCUT2D eigenvalue weighted by Crippen LogP contribution is 2.14. The van der Waals surface area contributed by atoms with E-state index < -0.39 is 11.6 Å². The normalized spacial score (nSPS) is 11.8. The summed E-state index contributed by atoms with van der Waals surface area (Å²) in [4.78, 5) is 11.9. The molecule has 23 heavy (non-hydrogen) atoms. The van der Waals surface area contributed by atoms with Gasteiger partial charge in [-0.25, -0.2) is 8.78 Å². The van der Waals surface area contributed by atoms with Gasteiger partial charge in [-0.15, -0.1) is 0 Å². The highest BCUT2D eigenvalue weighted by molar-refractivity contribution is 5.94. The van der Waals surface area contributed by atoms with E-state index in [-0.39, 0.29) is 25.1 Å². The zero-order valence-corrected chi connectivity index (χ0v) is 12.6. The predicted octanol–water partition coefficient (Wildman–Crippen LogP) is 2.69. The highest BCUT2D eigenvalue weighted by Gasteiger charge is 2.09. The maximum atomic E-state index is 13.5. The van der Waals surface area contributed by atoms with E-state index in [2.05, 4.69) is 10.6 Å². The first kappa shape index (κ1) is 16.9. The van der Waals surface area contributed by atoms with Crippen molar-refractivity contribution in [1.29, 1.82) is 0 Å². The Hall–Kier alpha value is -2.47. The lowest BCUT2D eigenvalue weighted by Gasteiger charge is -2.11. The van der Waals surface area contributed by atoms with Crippen LogP contribution in [0.2, 0.25) is 0 Å². The smallest absolute Gasteiger partial charge is 0.251 e. The van der Waals surface area contributed by atoms with Gasteiger partial charge in [0.2, 0.25) is 0 Å². The third-order valence-electron chi connectivity index (χ3n) is 3.30. The molecule has 0 aliphatic heterocycles. The Kier molecular flexibility index (Phi) is 5.65. The zero-order chi connectivity index (χ0) is 16.8. The van der Waals surface area contributed by atoms with Crippen LogP contribution in [-0.2, 0) is 6.54 Å². The molecule has 0 heterocycles. The van der Waals surface area contributed by atoms with Crippen molar-refractivity contribution in [2.24, 2.45) is 0 Å². The minimum absolute atomic E-state index is 0.130. The Morgan fingerprint density at radius 2 is 1.87 bits per heavy atom. The zero-order valence-electron chi connectivity index (χ0n) is 12.6. The molecular weight excluding hydrogens is 302 g/mol. The van der Waals surface area contributed by atoms with Gasteiger partial charge in [0.15, 0.2) is 0 Å². The van der Waals surface area contributed by atoms with Crippen LogP contribution in [0.15, 0.2) is 42.5 Å². The number of aliphatic hydroxyl groups excluding tert-OH is 1. The van der Waals surface area contributed by atoms with Crippen LogP contribution >= 0.6 is 0 Å². The molecule has 4 nitrogen and oxygen atoms in total. The molecule has 3 N–H and O–H groups in total. The SMILES string of the molecule is CC(CO)NC(=O)c1ccc(NCc2ccc(F)cc2F)cc1. The Morgan fingerprint density at radius 3 is 2.48 bits per heavy atom. The number of halogens is 2. The van der Waals surface area contributed by atoms with Gasteiger partial charge >= 0.3 is 0 Å². The fraction of sp³-hybridized carbons (Fsp3) is 0.235. The number of anilines is 1. The van der Waals surface area contributed by atoms with Crippen molar-refractivity contribution in [3.8, 4) is 0 Å². The fourth-order valence-electron chi connectivity index (χ4n) is 1.95. The standard InChI is InChI=1S/C17H18F2N2O2/c1-11(10-22)21-17(23)12-3-6-15(7-4-12)20-9-13-2-5-14(18)8-16(13)19/h2-8,11,20,22H,9-10H2,1H3,(H,21,23). The second-order valence-electron chi connectivity index (χ2n) is 5.22. The lowest BCUT2D eigenvalue weighted by atomic mass is 10.1. The summed E-state index contributed by atoms with van der Waals surface area (Å²) in [7, 11) is 0. The summed E-state index contributed by atoms with van der Waals surface area (Å²) in [6.45, 7) is 1.78. The maximum absolute atomic E-state index is 13.5. The van der Waals surface area contributed by atoms with Crippen molar-refractivity contribution in [1.82, 2.24) is 5.32 Å². The summed E-state index contributed by atoms with van der Waals surface area (Å²) >= 11 is 0. The Balaban J connectivity index is 1.96. The summed E-state index contributed by atoms with van der Waals surface area (Å²) in [5.74, 6) is -1.49. The van der Waals surface area contributed by atoms with Crippen LogP contribution in [0, 0.1) is 11.6 Å². The molecule has 2 aromatic rings. The molecule has 0 fully saturated rings. The lowest BCUT2D eigenvalue weighted by Crippen LogP contribution is -2.34. The van der Waals surface area contributed by atoms with Gasteiger partial charge in [0.1, 0.15) is 11.6 Å². The number of rotatable bonds is 6. The fourth-order valence-corrected chi connectivity index (χ4v) is 1.95. The van der Waals surface area contributed by atoms with Crippen molar-refractivity contribution in [2.45, 2.75) is 19.5 Å². The highest BCUT2D eigenvalue weighted by atomic mass is 19.1. The number of hydrogen-bond acceptors (Lipinski definition) is 3. The molecule has 0 saturated heterocycles. The number of carbonyl (C=O) groups excluding carboxylic acids is 1. The maximum Gasteiger partial charge on any atom is 0.251 e. The van der Waals surface area contributed by atoms with Gasteiger partial charge < -0.3 is 15.7 Å². The first-order valence-corrected chi connectivity index (χ1v) is 7.19. The molecule has 0 aliphatic carbocycles. The second-order valence-corrected chi connectivity index (χ2v) is 5.22. The van der Waals surface area contributed by atoms with Crippen LogP contribution in [0.3, 0.4) is 0 Å². The molecule has 0 saturated carbocycles. The van der Waals surface area contributed by atoms with Gasteiger partial charge in [-0.3, -0.25) is 4.79 Å². The minimum Gasteiger partial charge on any atom is -0.394 e. The van der Waals surface area contributed by atoms with E-state index in [1.807, 2.05) is 0 Å². The molecule has 6 heteroatoms. The topological polar surface area (TPSA) is 61.4 Å². The van der Waals surface area contributed by atoms with Crippen LogP contribution in [0.5, 0.6) is 0 Å². The van der Waals surface area contributed by atoms with Crippen LogP contribution in [-0.4, -0.2) is 23.7 Å². The quantitative estimate of drug-likeness (QED) is 0.767. The average molecular weight is 320 g/mol. The van der Waals surface area contributed by atoms with Gasteiger partial charge in [0, 0.05) is 35.5 Å². The summed E-state index contributed by atoms with van der Waals surface area (Å²) in [6, 6.07) is 9.76. The molecular formula is C17H18F2N2O2. The van der Waals surface area contributed by atoms with Crippen LogP contribution in [0.4, 0.5) is 14.5 Å². The predicted molar refractivity (Wildman–Crippen MR) is 84.1 cm³/mol. The molecule has 1 amide bonds. The monoisotopic (exact) mass is 320 g/mol. The Bertz CT molecular complexity index is 675. The Morgan fingerprint density at radius 1 is 1.17 bits per heavy atom. The summed E-state index contributed by atoms with van der Waals surface area (Å²) in [5, 5.41) is 14.6. The number of hydrogen-bond donors (Lipinski definition) is 3. The van der Waals surface area contributed by atoms with Crippen molar-refractivity contribution in [3.05, 3.63) is 65.2 Å². The molecule has 1 atom stereocenters. The van der Waals surface area contributed by atoms with E-state index in [0.717, 1.165) is 6.07 Å². The van der Waals surface area contributed by atoms with Crippen LogP contribution in [0.1, 0.15) is 22.8 Å². The van der Waals surface area contributed by atoms with Crippen LogP contribution < -0.4 is 10.6 Å². The summed E-state index contributed by atoms with van der Waals surface area (Å²) in [6.07, 6.45) is 0. The molecule has 122 valence electrons.